The van der Waals surface area contributed by atoms with Crippen molar-refractivity contribution in [2.24, 2.45) is 5.18 Å². The lowest BCUT2D eigenvalue weighted by Gasteiger charge is -2.23. The van der Waals surface area contributed by atoms with Gasteiger partial charge >= 0.3 is 0 Å². The molecule has 5 heteroatoms. The molecule has 1 aliphatic heterocycles. The van der Waals surface area contributed by atoms with Crippen LogP contribution in [0.4, 0.5) is 11.4 Å². The fourth-order valence-corrected chi connectivity index (χ4v) is 2.52. The molecule has 1 aromatic carbocycles. The minimum atomic E-state index is 0.340. The van der Waals surface area contributed by atoms with Gasteiger partial charge < -0.3 is 16.0 Å². The van der Waals surface area contributed by atoms with Crippen LogP contribution in [-0.4, -0.2) is 31.7 Å². The first kappa shape index (κ1) is 12.8. The Morgan fingerprint density at radius 1 is 1.44 bits per heavy atom. The van der Waals surface area contributed by atoms with E-state index in [0.717, 1.165) is 18.7 Å². The highest BCUT2D eigenvalue weighted by molar-refractivity contribution is 5.54. The molecular formula is C13H20N4O. The molecule has 2 unspecified atom stereocenters. The summed E-state index contributed by atoms with van der Waals surface area (Å²) in [4.78, 5) is 12.4. The summed E-state index contributed by atoms with van der Waals surface area (Å²) < 4.78 is 0. The SMILES string of the molecule is CC1CC(NCCN=O)CN1c1ccc(N)cc1. The average Bonchev–Trinajstić information content (AvgIpc) is 2.72. The molecule has 0 aliphatic carbocycles. The Kier molecular flexibility index (Phi) is 4.15. The number of rotatable bonds is 5. The lowest BCUT2D eigenvalue weighted by Crippen LogP contribution is -2.34. The van der Waals surface area contributed by atoms with Gasteiger partial charge in [-0.1, -0.05) is 5.18 Å². The van der Waals surface area contributed by atoms with E-state index in [2.05, 4.69) is 34.5 Å². The highest BCUT2D eigenvalue weighted by Crippen LogP contribution is 2.26. The van der Waals surface area contributed by atoms with Crippen LogP contribution >= 0.6 is 0 Å². The highest BCUT2D eigenvalue weighted by atomic mass is 16.3. The third-order valence-electron chi connectivity index (χ3n) is 3.44. The second-order valence-corrected chi connectivity index (χ2v) is 4.83. The van der Waals surface area contributed by atoms with Crippen molar-refractivity contribution < 1.29 is 0 Å². The molecule has 1 heterocycles. The van der Waals surface area contributed by atoms with Gasteiger partial charge in [-0.2, -0.15) is 4.91 Å². The smallest absolute Gasteiger partial charge is 0.0935 e. The van der Waals surface area contributed by atoms with Gasteiger partial charge in [0.25, 0.3) is 0 Å². The van der Waals surface area contributed by atoms with E-state index >= 15 is 0 Å². The number of nitrogens with zero attached hydrogens (tertiary/aromatic N) is 2. The van der Waals surface area contributed by atoms with Crippen LogP contribution in [0.15, 0.2) is 29.4 Å². The fourth-order valence-electron chi connectivity index (χ4n) is 2.52. The van der Waals surface area contributed by atoms with Crippen LogP contribution < -0.4 is 16.0 Å². The molecule has 1 fully saturated rings. The average molecular weight is 248 g/mol. The summed E-state index contributed by atoms with van der Waals surface area (Å²) in [5.41, 5.74) is 7.69. The second-order valence-electron chi connectivity index (χ2n) is 4.83. The maximum Gasteiger partial charge on any atom is 0.0935 e. The third kappa shape index (κ3) is 2.98. The summed E-state index contributed by atoms with van der Waals surface area (Å²) in [6.45, 7) is 4.18. The molecule has 1 saturated heterocycles. The van der Waals surface area contributed by atoms with E-state index in [1.165, 1.54) is 5.69 Å². The third-order valence-corrected chi connectivity index (χ3v) is 3.44. The van der Waals surface area contributed by atoms with Crippen LogP contribution in [0.3, 0.4) is 0 Å². The zero-order valence-corrected chi connectivity index (χ0v) is 10.7. The molecule has 1 aromatic rings. The number of hydrogen-bond acceptors (Lipinski definition) is 5. The van der Waals surface area contributed by atoms with Crippen LogP contribution in [0.2, 0.25) is 0 Å². The maximum absolute atomic E-state index is 10.0. The molecule has 0 bridgehead atoms. The van der Waals surface area contributed by atoms with Crippen LogP contribution in [0, 0.1) is 4.91 Å². The molecule has 1 aliphatic rings. The molecular weight excluding hydrogens is 228 g/mol. The van der Waals surface area contributed by atoms with Crippen molar-refractivity contribution in [1.82, 2.24) is 5.32 Å². The Hall–Kier alpha value is -1.62. The van der Waals surface area contributed by atoms with Gasteiger partial charge in [-0.15, -0.1) is 0 Å². The predicted octanol–water partition coefficient (Wildman–Crippen LogP) is 1.59. The van der Waals surface area contributed by atoms with Crippen molar-refractivity contribution in [3.05, 3.63) is 29.2 Å². The van der Waals surface area contributed by atoms with Crippen molar-refractivity contribution in [1.29, 1.82) is 0 Å². The number of nitrogens with two attached hydrogens (primary N) is 1. The van der Waals surface area contributed by atoms with E-state index in [1.54, 1.807) is 0 Å². The van der Waals surface area contributed by atoms with Gasteiger partial charge in [-0.25, -0.2) is 0 Å². The quantitative estimate of drug-likeness (QED) is 0.471. The van der Waals surface area contributed by atoms with Gasteiger partial charge in [-0.05, 0) is 37.6 Å². The first-order valence-electron chi connectivity index (χ1n) is 6.35. The largest absolute Gasteiger partial charge is 0.399 e. The summed E-state index contributed by atoms with van der Waals surface area (Å²) in [6.07, 6.45) is 1.09. The van der Waals surface area contributed by atoms with Crippen molar-refractivity contribution in [3.8, 4) is 0 Å². The standard InChI is InChI=1S/C13H20N4O/c1-10-8-12(15-6-7-16-18)9-17(10)13-4-2-11(14)3-5-13/h2-5,10,12,15H,6-9,14H2,1H3. The van der Waals surface area contributed by atoms with Crippen LogP contribution in [-0.2, 0) is 0 Å². The normalized spacial score (nSPS) is 23.3. The molecule has 2 atom stereocenters. The van der Waals surface area contributed by atoms with E-state index in [1.807, 2.05) is 12.1 Å². The topological polar surface area (TPSA) is 70.7 Å². The van der Waals surface area contributed by atoms with E-state index in [4.69, 9.17) is 5.73 Å². The summed E-state index contributed by atoms with van der Waals surface area (Å²) >= 11 is 0. The van der Waals surface area contributed by atoms with Crippen molar-refractivity contribution >= 4 is 11.4 Å². The highest BCUT2D eigenvalue weighted by Gasteiger charge is 2.28. The molecule has 0 amide bonds. The summed E-state index contributed by atoms with van der Waals surface area (Å²) in [6, 6.07) is 8.90. The van der Waals surface area contributed by atoms with Crippen molar-refractivity contribution in [2.75, 3.05) is 30.3 Å². The first-order chi connectivity index (χ1) is 8.70. The monoisotopic (exact) mass is 248 g/mol. The Labute approximate surface area is 107 Å². The van der Waals surface area contributed by atoms with Crippen LogP contribution in [0.5, 0.6) is 0 Å². The molecule has 3 N–H and O–H groups in total. The van der Waals surface area contributed by atoms with E-state index in [-0.39, 0.29) is 0 Å². The van der Waals surface area contributed by atoms with Gasteiger partial charge in [0, 0.05) is 36.5 Å². The van der Waals surface area contributed by atoms with Gasteiger partial charge in [0.2, 0.25) is 0 Å². The number of hydrogen-bond donors (Lipinski definition) is 2. The van der Waals surface area contributed by atoms with Gasteiger partial charge in [0.1, 0.15) is 0 Å². The van der Waals surface area contributed by atoms with Gasteiger partial charge in [0.15, 0.2) is 0 Å². The van der Waals surface area contributed by atoms with Gasteiger partial charge in [-0.3, -0.25) is 0 Å². The molecule has 98 valence electrons. The van der Waals surface area contributed by atoms with E-state index < -0.39 is 0 Å². The first-order valence-corrected chi connectivity index (χ1v) is 6.35. The number of nitroso groups, excluding NO2 is 1. The summed E-state index contributed by atoms with van der Waals surface area (Å²) in [5, 5.41) is 6.23. The summed E-state index contributed by atoms with van der Waals surface area (Å²) in [5.74, 6) is 0. The lowest BCUT2D eigenvalue weighted by molar-refractivity contribution is 0.545. The van der Waals surface area contributed by atoms with E-state index in [9.17, 15) is 4.91 Å². The number of anilines is 2. The van der Waals surface area contributed by atoms with Crippen molar-refractivity contribution in [3.63, 3.8) is 0 Å². The molecule has 0 saturated carbocycles. The molecule has 0 spiro atoms. The number of benzene rings is 1. The maximum atomic E-state index is 10.0. The Bertz CT molecular complexity index is 392. The molecule has 2 rings (SSSR count). The molecule has 5 nitrogen and oxygen atoms in total. The fraction of sp³-hybridized carbons (Fsp3) is 0.538. The van der Waals surface area contributed by atoms with Crippen LogP contribution in [0.1, 0.15) is 13.3 Å². The lowest BCUT2D eigenvalue weighted by atomic mass is 10.2. The molecule has 0 radical (unpaired) electrons. The van der Waals surface area contributed by atoms with Crippen LogP contribution in [0.25, 0.3) is 0 Å². The zero-order chi connectivity index (χ0) is 13.0. The number of nitrogens with one attached hydrogen (secondary N) is 1. The predicted molar refractivity (Wildman–Crippen MR) is 74.7 cm³/mol. The Balaban J connectivity index is 1.94. The Morgan fingerprint density at radius 3 is 2.83 bits per heavy atom. The summed E-state index contributed by atoms with van der Waals surface area (Å²) in [7, 11) is 0. The second kappa shape index (κ2) is 5.82. The van der Waals surface area contributed by atoms with Crippen molar-refractivity contribution in [2.45, 2.75) is 25.4 Å². The zero-order valence-electron chi connectivity index (χ0n) is 10.7. The number of nitrogen functional groups attached to an aromatic ring is 1. The Morgan fingerprint density at radius 2 is 2.17 bits per heavy atom. The molecule has 0 aromatic heterocycles. The van der Waals surface area contributed by atoms with Gasteiger partial charge in [0.05, 0.1) is 6.54 Å². The minimum absolute atomic E-state index is 0.340. The minimum Gasteiger partial charge on any atom is -0.399 e. The molecule has 18 heavy (non-hydrogen) atoms. The van der Waals surface area contributed by atoms with E-state index in [0.29, 0.717) is 25.2 Å².